The molecule has 0 aliphatic carbocycles. The van der Waals surface area contributed by atoms with E-state index in [1.54, 1.807) is 6.92 Å². The Labute approximate surface area is 107 Å². The Morgan fingerprint density at radius 2 is 2.33 bits per heavy atom. The van der Waals surface area contributed by atoms with E-state index in [9.17, 15) is 10.2 Å². The minimum Gasteiger partial charge on any atom is -0.389 e. The maximum atomic E-state index is 9.89. The van der Waals surface area contributed by atoms with Gasteiger partial charge >= 0.3 is 0 Å². The van der Waals surface area contributed by atoms with Crippen LogP contribution in [0.4, 0.5) is 0 Å². The second kappa shape index (κ2) is 4.99. The summed E-state index contributed by atoms with van der Waals surface area (Å²) in [5, 5.41) is 23.8. The lowest BCUT2D eigenvalue weighted by Gasteiger charge is -2.39. The Morgan fingerprint density at radius 1 is 1.61 bits per heavy atom. The molecule has 0 bridgehead atoms. The Kier molecular flexibility index (Phi) is 3.75. The average molecular weight is 254 g/mol. The minimum atomic E-state index is -0.969. The Bertz CT molecular complexity index is 401. The predicted octanol–water partition coefficient (Wildman–Crippen LogP) is 1.12. The first-order valence-electron chi connectivity index (χ1n) is 6.47. The Morgan fingerprint density at radius 3 is 2.89 bits per heavy atom. The highest BCUT2D eigenvalue weighted by Crippen LogP contribution is 2.23. The highest BCUT2D eigenvalue weighted by atomic mass is 16.5. The zero-order chi connectivity index (χ0) is 13.3. The summed E-state index contributed by atoms with van der Waals surface area (Å²) in [6, 6.07) is 1.96. The zero-order valence-electron chi connectivity index (χ0n) is 11.3. The molecule has 0 spiro atoms. The lowest BCUT2D eigenvalue weighted by Crippen LogP contribution is -2.53. The molecule has 1 aromatic heterocycles. The molecule has 1 saturated heterocycles. The molecule has 0 amide bonds. The summed E-state index contributed by atoms with van der Waals surface area (Å²) in [5.41, 5.74) is -0.0869. The van der Waals surface area contributed by atoms with Gasteiger partial charge in [0.2, 0.25) is 0 Å². The number of hydrogen-bond donors (Lipinski definition) is 2. The fraction of sp³-hybridized carbons (Fsp3) is 0.769. The lowest BCUT2D eigenvalue weighted by atomic mass is 9.91. The maximum absolute atomic E-state index is 9.89. The van der Waals surface area contributed by atoms with E-state index in [1.165, 1.54) is 0 Å². The first-order valence-corrected chi connectivity index (χ1v) is 6.47. The van der Waals surface area contributed by atoms with Crippen molar-refractivity contribution in [1.82, 2.24) is 10.1 Å². The van der Waals surface area contributed by atoms with E-state index in [0.29, 0.717) is 25.4 Å². The third kappa shape index (κ3) is 2.91. The molecule has 0 unspecified atom stereocenters. The molecule has 1 fully saturated rings. The van der Waals surface area contributed by atoms with E-state index in [2.05, 4.69) is 23.9 Å². The van der Waals surface area contributed by atoms with E-state index in [0.717, 1.165) is 18.0 Å². The van der Waals surface area contributed by atoms with Gasteiger partial charge in [0, 0.05) is 31.6 Å². The van der Waals surface area contributed by atoms with Crippen LogP contribution in [0.5, 0.6) is 0 Å². The SMILES string of the molecule is CC(C)c1cc(CN2CC[C@@](C)(O)[C@@H](O)C2)no1. The first-order chi connectivity index (χ1) is 8.38. The number of β-amino-alcohol motifs (C(OH)–C–C–N with tert-alkyl or cyclic N) is 1. The van der Waals surface area contributed by atoms with Crippen LogP contribution in [0.1, 0.15) is 44.6 Å². The molecule has 102 valence electrons. The monoisotopic (exact) mass is 254 g/mol. The van der Waals surface area contributed by atoms with Crippen molar-refractivity contribution in [3.05, 3.63) is 17.5 Å². The molecule has 1 aromatic rings. The van der Waals surface area contributed by atoms with E-state index in [-0.39, 0.29) is 0 Å². The molecular weight excluding hydrogens is 232 g/mol. The smallest absolute Gasteiger partial charge is 0.139 e. The van der Waals surface area contributed by atoms with Crippen LogP contribution in [0.3, 0.4) is 0 Å². The van der Waals surface area contributed by atoms with Crippen molar-refractivity contribution in [2.45, 2.75) is 51.4 Å². The number of aromatic nitrogens is 1. The summed E-state index contributed by atoms with van der Waals surface area (Å²) in [6.07, 6.45) is -0.133. The summed E-state index contributed by atoms with van der Waals surface area (Å²) >= 11 is 0. The maximum Gasteiger partial charge on any atom is 0.139 e. The van der Waals surface area contributed by atoms with Crippen molar-refractivity contribution in [2.75, 3.05) is 13.1 Å². The van der Waals surface area contributed by atoms with Gasteiger partial charge in [0.15, 0.2) is 0 Å². The number of nitrogens with zero attached hydrogens (tertiary/aromatic N) is 2. The highest BCUT2D eigenvalue weighted by molar-refractivity contribution is 5.08. The largest absolute Gasteiger partial charge is 0.389 e. The first kappa shape index (κ1) is 13.5. The minimum absolute atomic E-state index is 0.332. The van der Waals surface area contributed by atoms with Crippen molar-refractivity contribution in [3.8, 4) is 0 Å². The molecule has 2 rings (SSSR count). The van der Waals surface area contributed by atoms with Gasteiger partial charge in [-0.1, -0.05) is 19.0 Å². The second-order valence-corrected chi connectivity index (χ2v) is 5.73. The van der Waals surface area contributed by atoms with Gasteiger partial charge in [0.1, 0.15) is 5.76 Å². The molecule has 0 aromatic carbocycles. The summed E-state index contributed by atoms with van der Waals surface area (Å²) in [4.78, 5) is 2.09. The molecule has 5 heteroatoms. The molecule has 2 heterocycles. The molecule has 2 atom stereocenters. The predicted molar refractivity (Wildman–Crippen MR) is 67.1 cm³/mol. The Hall–Kier alpha value is -0.910. The fourth-order valence-electron chi connectivity index (χ4n) is 2.13. The van der Waals surface area contributed by atoms with Crippen molar-refractivity contribution in [2.24, 2.45) is 0 Å². The fourth-order valence-corrected chi connectivity index (χ4v) is 2.13. The molecule has 1 aliphatic rings. The van der Waals surface area contributed by atoms with Crippen LogP contribution >= 0.6 is 0 Å². The van der Waals surface area contributed by atoms with Gasteiger partial charge in [-0.2, -0.15) is 0 Å². The van der Waals surface area contributed by atoms with Gasteiger partial charge in [0.25, 0.3) is 0 Å². The van der Waals surface area contributed by atoms with Gasteiger partial charge in [-0.25, -0.2) is 0 Å². The molecule has 18 heavy (non-hydrogen) atoms. The van der Waals surface area contributed by atoms with E-state index >= 15 is 0 Å². The molecular formula is C13H22N2O3. The molecule has 1 aliphatic heterocycles. The van der Waals surface area contributed by atoms with E-state index in [4.69, 9.17) is 4.52 Å². The van der Waals surface area contributed by atoms with Gasteiger partial charge < -0.3 is 14.7 Å². The van der Waals surface area contributed by atoms with Crippen LogP contribution in [0.15, 0.2) is 10.6 Å². The van der Waals surface area contributed by atoms with E-state index in [1.807, 2.05) is 6.07 Å². The number of aliphatic hydroxyl groups excluding tert-OH is 1. The van der Waals surface area contributed by atoms with Crippen molar-refractivity contribution in [3.63, 3.8) is 0 Å². The van der Waals surface area contributed by atoms with Crippen LogP contribution in [0.25, 0.3) is 0 Å². The van der Waals surface area contributed by atoms with Gasteiger partial charge in [-0.3, -0.25) is 4.90 Å². The van der Waals surface area contributed by atoms with Crippen LogP contribution in [0.2, 0.25) is 0 Å². The van der Waals surface area contributed by atoms with Crippen molar-refractivity contribution < 1.29 is 14.7 Å². The highest BCUT2D eigenvalue weighted by Gasteiger charge is 2.36. The van der Waals surface area contributed by atoms with Crippen LogP contribution in [-0.4, -0.2) is 45.1 Å². The summed E-state index contributed by atoms with van der Waals surface area (Å²) in [7, 11) is 0. The number of aliphatic hydroxyl groups is 2. The molecule has 2 N–H and O–H groups in total. The summed E-state index contributed by atoms with van der Waals surface area (Å²) in [5.74, 6) is 1.22. The van der Waals surface area contributed by atoms with Crippen LogP contribution < -0.4 is 0 Å². The number of hydrogen-bond acceptors (Lipinski definition) is 5. The standard InChI is InChI=1S/C13H22N2O3/c1-9(2)11-6-10(14-18-11)7-15-5-4-13(3,17)12(16)8-15/h6,9,12,16-17H,4-5,7-8H2,1-3H3/t12-,13+/m0/s1. The normalized spacial score (nSPS) is 30.0. The zero-order valence-corrected chi connectivity index (χ0v) is 11.3. The van der Waals surface area contributed by atoms with Gasteiger partial charge in [-0.15, -0.1) is 0 Å². The quantitative estimate of drug-likeness (QED) is 0.845. The number of likely N-dealkylation sites (tertiary alicyclic amines) is 1. The Balaban J connectivity index is 1.94. The molecule has 0 radical (unpaired) electrons. The lowest BCUT2D eigenvalue weighted by molar-refractivity contribution is -0.108. The average Bonchev–Trinajstić information content (AvgIpc) is 2.73. The third-order valence-electron chi connectivity index (χ3n) is 3.61. The van der Waals surface area contributed by atoms with E-state index < -0.39 is 11.7 Å². The molecule has 0 saturated carbocycles. The van der Waals surface area contributed by atoms with Gasteiger partial charge in [0.05, 0.1) is 17.4 Å². The van der Waals surface area contributed by atoms with Crippen molar-refractivity contribution >= 4 is 0 Å². The number of rotatable bonds is 3. The number of piperidine rings is 1. The second-order valence-electron chi connectivity index (χ2n) is 5.73. The van der Waals surface area contributed by atoms with Crippen molar-refractivity contribution in [1.29, 1.82) is 0 Å². The third-order valence-corrected chi connectivity index (χ3v) is 3.61. The summed E-state index contributed by atoms with van der Waals surface area (Å²) < 4.78 is 5.25. The van der Waals surface area contributed by atoms with Crippen LogP contribution in [-0.2, 0) is 6.54 Å². The molecule has 5 nitrogen and oxygen atoms in total. The summed E-state index contributed by atoms with van der Waals surface area (Å²) in [6.45, 7) is 7.69. The van der Waals surface area contributed by atoms with Crippen LogP contribution in [0, 0.1) is 0 Å². The topological polar surface area (TPSA) is 69.7 Å². The van der Waals surface area contributed by atoms with Gasteiger partial charge in [-0.05, 0) is 13.3 Å².